The van der Waals surface area contributed by atoms with E-state index in [1.165, 1.54) is 4.88 Å². The van der Waals surface area contributed by atoms with Gasteiger partial charge in [-0.15, -0.1) is 11.3 Å². The van der Waals surface area contributed by atoms with Crippen molar-refractivity contribution in [2.75, 3.05) is 13.2 Å². The van der Waals surface area contributed by atoms with Gasteiger partial charge in [-0.05, 0) is 42.0 Å². The predicted molar refractivity (Wildman–Crippen MR) is 81.1 cm³/mol. The van der Waals surface area contributed by atoms with Crippen LogP contribution in [0.1, 0.15) is 23.2 Å². The van der Waals surface area contributed by atoms with Crippen LogP contribution in [0.4, 0.5) is 0 Å². The van der Waals surface area contributed by atoms with Crippen molar-refractivity contribution in [2.24, 2.45) is 0 Å². The van der Waals surface area contributed by atoms with Gasteiger partial charge in [-0.2, -0.15) is 0 Å². The lowest BCUT2D eigenvalue weighted by molar-refractivity contribution is 0.0858. The summed E-state index contributed by atoms with van der Waals surface area (Å²) in [4.78, 5) is 13.3. The van der Waals surface area contributed by atoms with Crippen LogP contribution in [0.25, 0.3) is 10.4 Å². The van der Waals surface area contributed by atoms with Crippen molar-refractivity contribution in [3.63, 3.8) is 0 Å². The monoisotopic (exact) mass is 287 g/mol. The van der Waals surface area contributed by atoms with Gasteiger partial charge in [0.2, 0.25) is 0 Å². The average molecular weight is 287 g/mol. The standard InChI is InChI=1S/C16H17NO2S/c18-16(17-11-14-6-2-8-19-14)13-5-1-4-12(10-13)15-7-3-9-20-15/h1,3-5,7,9-10,14H,2,6,8,11H2,(H,17,18). The second kappa shape index (κ2) is 6.20. The van der Waals surface area contributed by atoms with Crippen molar-refractivity contribution in [3.05, 3.63) is 47.3 Å². The minimum absolute atomic E-state index is 0.0288. The van der Waals surface area contributed by atoms with E-state index in [9.17, 15) is 4.79 Å². The SMILES string of the molecule is O=C(NCC1CCCO1)c1cccc(-c2cccs2)c1. The molecule has 2 aromatic rings. The van der Waals surface area contributed by atoms with Gasteiger partial charge in [-0.1, -0.05) is 18.2 Å². The summed E-state index contributed by atoms with van der Waals surface area (Å²) < 4.78 is 5.51. The summed E-state index contributed by atoms with van der Waals surface area (Å²) in [7, 11) is 0. The third kappa shape index (κ3) is 3.08. The molecule has 0 spiro atoms. The van der Waals surface area contributed by atoms with Gasteiger partial charge in [-0.3, -0.25) is 4.79 Å². The first kappa shape index (κ1) is 13.3. The van der Waals surface area contributed by atoms with Gasteiger partial charge >= 0.3 is 0 Å². The Morgan fingerprint density at radius 1 is 1.35 bits per heavy atom. The highest BCUT2D eigenvalue weighted by molar-refractivity contribution is 7.13. The fourth-order valence-electron chi connectivity index (χ4n) is 2.37. The van der Waals surface area contributed by atoms with E-state index < -0.39 is 0 Å². The molecule has 0 radical (unpaired) electrons. The van der Waals surface area contributed by atoms with Gasteiger partial charge < -0.3 is 10.1 Å². The van der Waals surface area contributed by atoms with Crippen LogP contribution in [0.2, 0.25) is 0 Å². The lowest BCUT2D eigenvalue weighted by atomic mass is 10.1. The summed E-state index contributed by atoms with van der Waals surface area (Å²) in [5.74, 6) is -0.0288. The Balaban J connectivity index is 1.66. The maximum atomic E-state index is 12.2. The molecule has 1 unspecified atom stereocenters. The first-order valence-electron chi connectivity index (χ1n) is 6.87. The molecule has 0 aliphatic carbocycles. The number of rotatable bonds is 4. The normalized spacial score (nSPS) is 18.1. The van der Waals surface area contributed by atoms with E-state index in [0.717, 1.165) is 25.0 Å². The maximum Gasteiger partial charge on any atom is 0.251 e. The summed E-state index contributed by atoms with van der Waals surface area (Å²) in [5, 5.41) is 4.99. The highest BCUT2D eigenvalue weighted by Crippen LogP contribution is 2.25. The van der Waals surface area contributed by atoms with Gasteiger partial charge in [0.25, 0.3) is 5.91 Å². The molecule has 2 heterocycles. The molecular weight excluding hydrogens is 270 g/mol. The van der Waals surface area contributed by atoms with Crippen molar-refractivity contribution in [3.8, 4) is 10.4 Å². The summed E-state index contributed by atoms with van der Waals surface area (Å²) in [6.07, 6.45) is 2.31. The van der Waals surface area contributed by atoms with Crippen molar-refractivity contribution in [1.82, 2.24) is 5.32 Å². The maximum absolute atomic E-state index is 12.2. The third-order valence-corrected chi connectivity index (χ3v) is 4.36. The fraction of sp³-hybridized carbons (Fsp3) is 0.312. The van der Waals surface area contributed by atoms with E-state index in [1.54, 1.807) is 11.3 Å². The van der Waals surface area contributed by atoms with Crippen LogP contribution in [0.5, 0.6) is 0 Å². The van der Waals surface area contributed by atoms with Crippen LogP contribution in [0.15, 0.2) is 41.8 Å². The summed E-state index contributed by atoms with van der Waals surface area (Å²) in [5.41, 5.74) is 1.79. The molecular formula is C16H17NO2S. The summed E-state index contributed by atoms with van der Waals surface area (Å²) in [6.45, 7) is 1.41. The molecule has 20 heavy (non-hydrogen) atoms. The van der Waals surface area contributed by atoms with E-state index in [1.807, 2.05) is 35.7 Å². The van der Waals surface area contributed by atoms with Crippen molar-refractivity contribution >= 4 is 17.2 Å². The number of carbonyl (C=O) groups is 1. The Morgan fingerprint density at radius 2 is 2.30 bits per heavy atom. The van der Waals surface area contributed by atoms with Crippen molar-refractivity contribution in [2.45, 2.75) is 18.9 Å². The molecule has 1 aliphatic rings. The van der Waals surface area contributed by atoms with E-state index in [-0.39, 0.29) is 12.0 Å². The molecule has 1 N–H and O–H groups in total. The molecule has 1 aromatic heterocycles. The minimum Gasteiger partial charge on any atom is -0.376 e. The number of hydrogen-bond acceptors (Lipinski definition) is 3. The smallest absolute Gasteiger partial charge is 0.251 e. The van der Waals surface area contributed by atoms with Crippen LogP contribution in [-0.4, -0.2) is 25.2 Å². The molecule has 3 nitrogen and oxygen atoms in total. The Labute approximate surface area is 122 Å². The zero-order valence-electron chi connectivity index (χ0n) is 11.2. The number of nitrogens with one attached hydrogen (secondary N) is 1. The molecule has 1 saturated heterocycles. The first-order valence-corrected chi connectivity index (χ1v) is 7.74. The van der Waals surface area contributed by atoms with E-state index in [4.69, 9.17) is 4.74 Å². The molecule has 1 aliphatic heterocycles. The molecule has 1 amide bonds. The largest absolute Gasteiger partial charge is 0.376 e. The third-order valence-electron chi connectivity index (χ3n) is 3.44. The second-order valence-corrected chi connectivity index (χ2v) is 5.85. The molecule has 104 valence electrons. The number of amides is 1. The lowest BCUT2D eigenvalue weighted by Crippen LogP contribution is -2.31. The minimum atomic E-state index is -0.0288. The quantitative estimate of drug-likeness (QED) is 0.936. The van der Waals surface area contributed by atoms with E-state index >= 15 is 0 Å². The van der Waals surface area contributed by atoms with Crippen molar-refractivity contribution < 1.29 is 9.53 Å². The molecule has 4 heteroatoms. The average Bonchev–Trinajstić information content (AvgIpc) is 3.18. The van der Waals surface area contributed by atoms with Gasteiger partial charge in [0.1, 0.15) is 0 Å². The molecule has 1 fully saturated rings. The Morgan fingerprint density at radius 3 is 3.05 bits per heavy atom. The van der Waals surface area contributed by atoms with Gasteiger partial charge in [-0.25, -0.2) is 0 Å². The molecule has 0 saturated carbocycles. The first-order chi connectivity index (χ1) is 9.83. The van der Waals surface area contributed by atoms with Crippen molar-refractivity contribution in [1.29, 1.82) is 0 Å². The van der Waals surface area contributed by atoms with Gasteiger partial charge in [0, 0.05) is 23.6 Å². The second-order valence-electron chi connectivity index (χ2n) is 4.90. The van der Waals surface area contributed by atoms with Crippen LogP contribution >= 0.6 is 11.3 Å². The predicted octanol–water partition coefficient (Wildman–Crippen LogP) is 3.32. The van der Waals surface area contributed by atoms with E-state index in [0.29, 0.717) is 12.1 Å². The Bertz CT molecular complexity index is 574. The summed E-state index contributed by atoms with van der Waals surface area (Å²) in [6, 6.07) is 11.8. The topological polar surface area (TPSA) is 38.3 Å². The number of carbonyl (C=O) groups excluding carboxylic acids is 1. The van der Waals surface area contributed by atoms with E-state index in [2.05, 4.69) is 11.4 Å². The molecule has 1 aromatic carbocycles. The summed E-state index contributed by atoms with van der Waals surface area (Å²) >= 11 is 1.68. The Hall–Kier alpha value is -1.65. The Kier molecular flexibility index (Phi) is 4.14. The zero-order chi connectivity index (χ0) is 13.8. The fourth-order valence-corrected chi connectivity index (χ4v) is 3.09. The van der Waals surface area contributed by atoms with Crippen LogP contribution in [-0.2, 0) is 4.74 Å². The van der Waals surface area contributed by atoms with Gasteiger partial charge in [0.05, 0.1) is 6.10 Å². The van der Waals surface area contributed by atoms with Crippen LogP contribution in [0.3, 0.4) is 0 Å². The zero-order valence-corrected chi connectivity index (χ0v) is 12.0. The number of thiophene rings is 1. The lowest BCUT2D eigenvalue weighted by Gasteiger charge is -2.11. The molecule has 1 atom stereocenters. The number of ether oxygens (including phenoxy) is 1. The van der Waals surface area contributed by atoms with Crippen LogP contribution < -0.4 is 5.32 Å². The highest BCUT2D eigenvalue weighted by atomic mass is 32.1. The van der Waals surface area contributed by atoms with Crippen LogP contribution in [0, 0.1) is 0 Å². The molecule has 3 rings (SSSR count). The highest BCUT2D eigenvalue weighted by Gasteiger charge is 2.16. The number of hydrogen-bond donors (Lipinski definition) is 1. The van der Waals surface area contributed by atoms with Gasteiger partial charge in [0.15, 0.2) is 0 Å². The molecule has 0 bridgehead atoms. The number of benzene rings is 1.